The highest BCUT2D eigenvalue weighted by Crippen LogP contribution is 2.12. The Morgan fingerprint density at radius 3 is 2.47 bits per heavy atom. The van der Waals surface area contributed by atoms with E-state index in [1.165, 1.54) is 0 Å². The van der Waals surface area contributed by atoms with Gasteiger partial charge in [-0.05, 0) is 6.07 Å². The van der Waals surface area contributed by atoms with Gasteiger partial charge in [-0.1, -0.05) is 18.2 Å². The standard InChI is InChI=1S/C8H5NO.C3H8N2/c10-8-7-4-2-1-3-6(7)5-9-8;1-2-5-3-4-1/h1-5H;4-5H,1-3H2. The van der Waals surface area contributed by atoms with Crippen molar-refractivity contribution in [2.75, 3.05) is 19.8 Å². The molecule has 0 spiro atoms. The van der Waals surface area contributed by atoms with Crippen molar-refractivity contribution in [2.45, 2.75) is 0 Å². The molecule has 1 amide bonds. The lowest BCUT2D eigenvalue weighted by atomic mass is 10.1. The van der Waals surface area contributed by atoms with E-state index in [4.69, 9.17) is 0 Å². The lowest BCUT2D eigenvalue weighted by molar-refractivity contribution is 0.101. The highest BCUT2D eigenvalue weighted by atomic mass is 16.1. The molecule has 1 aromatic rings. The Labute approximate surface area is 88.4 Å². The maximum absolute atomic E-state index is 10.9. The van der Waals surface area contributed by atoms with E-state index < -0.39 is 0 Å². The molecule has 2 N–H and O–H groups in total. The first-order valence-electron chi connectivity index (χ1n) is 4.97. The van der Waals surface area contributed by atoms with E-state index in [-0.39, 0.29) is 5.91 Å². The molecule has 1 fully saturated rings. The Kier molecular flexibility index (Phi) is 3.22. The van der Waals surface area contributed by atoms with Crippen LogP contribution in [0.3, 0.4) is 0 Å². The number of amides is 1. The summed E-state index contributed by atoms with van der Waals surface area (Å²) in [5.41, 5.74) is 1.63. The van der Waals surface area contributed by atoms with Gasteiger partial charge in [0.2, 0.25) is 0 Å². The molecule has 78 valence electrons. The molecule has 0 aliphatic carbocycles. The smallest absolute Gasteiger partial charge is 0.277 e. The van der Waals surface area contributed by atoms with Crippen molar-refractivity contribution in [1.82, 2.24) is 10.6 Å². The molecule has 2 heterocycles. The summed E-state index contributed by atoms with van der Waals surface area (Å²) in [5, 5.41) is 6.22. The molecular formula is C11H13N3O. The fraction of sp³-hybridized carbons (Fsp3) is 0.273. The summed E-state index contributed by atoms with van der Waals surface area (Å²) in [6, 6.07) is 7.39. The zero-order chi connectivity index (χ0) is 10.5. The number of nitrogens with zero attached hydrogens (tertiary/aromatic N) is 1. The van der Waals surface area contributed by atoms with Crippen LogP contribution in [0.2, 0.25) is 0 Å². The predicted molar refractivity (Wildman–Crippen MR) is 59.2 cm³/mol. The minimum absolute atomic E-state index is 0.129. The molecule has 2 aliphatic rings. The average molecular weight is 203 g/mol. The molecule has 0 radical (unpaired) electrons. The fourth-order valence-electron chi connectivity index (χ4n) is 1.44. The molecule has 0 aromatic heterocycles. The second kappa shape index (κ2) is 4.82. The molecule has 0 atom stereocenters. The largest absolute Gasteiger partial charge is 0.303 e. The van der Waals surface area contributed by atoms with E-state index in [0.29, 0.717) is 5.56 Å². The molecule has 4 nitrogen and oxygen atoms in total. The number of rotatable bonds is 0. The number of nitrogens with one attached hydrogen (secondary N) is 2. The Morgan fingerprint density at radius 1 is 1.13 bits per heavy atom. The number of hydrogen-bond acceptors (Lipinski definition) is 3. The number of carbonyl (C=O) groups excluding carboxylic acids is 1. The van der Waals surface area contributed by atoms with E-state index in [9.17, 15) is 4.79 Å². The van der Waals surface area contributed by atoms with Crippen LogP contribution in [0.1, 0.15) is 15.9 Å². The van der Waals surface area contributed by atoms with Gasteiger partial charge in [0.1, 0.15) is 0 Å². The SMILES string of the molecule is C1CNCN1.O=C1N=Cc2ccccc21. The van der Waals surface area contributed by atoms with Crippen molar-refractivity contribution < 1.29 is 4.79 Å². The minimum atomic E-state index is -0.129. The van der Waals surface area contributed by atoms with Gasteiger partial charge in [0.05, 0.1) is 5.56 Å². The Morgan fingerprint density at radius 2 is 1.87 bits per heavy atom. The third-order valence-corrected chi connectivity index (χ3v) is 2.24. The van der Waals surface area contributed by atoms with E-state index in [0.717, 1.165) is 25.3 Å². The van der Waals surface area contributed by atoms with E-state index in [1.54, 1.807) is 12.3 Å². The summed E-state index contributed by atoms with van der Waals surface area (Å²) >= 11 is 0. The van der Waals surface area contributed by atoms with Crippen LogP contribution in [-0.2, 0) is 0 Å². The number of carbonyl (C=O) groups is 1. The quantitative estimate of drug-likeness (QED) is 0.641. The molecule has 1 aromatic carbocycles. The highest BCUT2D eigenvalue weighted by Gasteiger charge is 2.12. The van der Waals surface area contributed by atoms with Crippen LogP contribution in [0, 0.1) is 0 Å². The van der Waals surface area contributed by atoms with Crippen LogP contribution in [0.25, 0.3) is 0 Å². The first kappa shape index (κ1) is 10.0. The van der Waals surface area contributed by atoms with Crippen molar-refractivity contribution in [3.05, 3.63) is 35.4 Å². The van der Waals surface area contributed by atoms with Gasteiger partial charge in [-0.15, -0.1) is 0 Å². The molecule has 2 aliphatic heterocycles. The number of hydrogen-bond donors (Lipinski definition) is 2. The minimum Gasteiger partial charge on any atom is -0.303 e. The number of fused-ring (bicyclic) bond motifs is 1. The van der Waals surface area contributed by atoms with Gasteiger partial charge in [0.25, 0.3) is 5.91 Å². The molecule has 15 heavy (non-hydrogen) atoms. The summed E-state index contributed by atoms with van der Waals surface area (Å²) in [6.07, 6.45) is 1.59. The Balaban J connectivity index is 0.000000144. The predicted octanol–water partition coefficient (Wildman–Crippen LogP) is 0.396. The first-order chi connectivity index (χ1) is 7.38. The molecule has 1 saturated heterocycles. The zero-order valence-corrected chi connectivity index (χ0v) is 8.36. The van der Waals surface area contributed by atoms with Crippen molar-refractivity contribution >= 4 is 12.1 Å². The van der Waals surface area contributed by atoms with Crippen molar-refractivity contribution in [1.29, 1.82) is 0 Å². The monoisotopic (exact) mass is 203 g/mol. The summed E-state index contributed by atoms with van der Waals surface area (Å²) in [5.74, 6) is -0.129. The first-order valence-corrected chi connectivity index (χ1v) is 4.97. The third kappa shape index (κ3) is 2.49. The van der Waals surface area contributed by atoms with E-state index >= 15 is 0 Å². The normalized spacial score (nSPS) is 17.2. The lowest BCUT2D eigenvalue weighted by Gasteiger charge is -1.89. The Bertz CT molecular complexity index is 376. The summed E-state index contributed by atoms with van der Waals surface area (Å²) in [4.78, 5) is 14.5. The van der Waals surface area contributed by atoms with E-state index in [1.807, 2.05) is 18.2 Å². The van der Waals surface area contributed by atoms with Gasteiger partial charge >= 0.3 is 0 Å². The van der Waals surface area contributed by atoms with Crippen molar-refractivity contribution in [2.24, 2.45) is 4.99 Å². The van der Waals surface area contributed by atoms with Crippen LogP contribution in [0.5, 0.6) is 0 Å². The van der Waals surface area contributed by atoms with Crippen molar-refractivity contribution in [3.63, 3.8) is 0 Å². The lowest BCUT2D eigenvalue weighted by Crippen LogP contribution is -2.11. The van der Waals surface area contributed by atoms with Gasteiger partial charge in [-0.25, -0.2) is 4.99 Å². The van der Waals surface area contributed by atoms with Gasteiger partial charge in [-0.2, -0.15) is 0 Å². The van der Waals surface area contributed by atoms with E-state index in [2.05, 4.69) is 15.6 Å². The van der Waals surface area contributed by atoms with Crippen molar-refractivity contribution in [3.8, 4) is 0 Å². The number of benzene rings is 1. The zero-order valence-electron chi connectivity index (χ0n) is 8.36. The maximum atomic E-state index is 10.9. The van der Waals surface area contributed by atoms with Crippen LogP contribution < -0.4 is 10.6 Å². The summed E-state index contributed by atoms with van der Waals surface area (Å²) in [7, 11) is 0. The van der Waals surface area contributed by atoms with Gasteiger partial charge in [0.15, 0.2) is 0 Å². The second-order valence-corrected chi connectivity index (χ2v) is 3.33. The summed E-state index contributed by atoms with van der Waals surface area (Å²) in [6.45, 7) is 3.28. The Hall–Kier alpha value is -1.52. The van der Waals surface area contributed by atoms with Crippen LogP contribution >= 0.6 is 0 Å². The van der Waals surface area contributed by atoms with Crippen LogP contribution in [-0.4, -0.2) is 31.9 Å². The average Bonchev–Trinajstić information content (AvgIpc) is 2.92. The molecule has 0 saturated carbocycles. The number of aliphatic imine (C=N–C) groups is 1. The maximum Gasteiger partial charge on any atom is 0.277 e. The van der Waals surface area contributed by atoms with Crippen LogP contribution in [0.15, 0.2) is 29.3 Å². The van der Waals surface area contributed by atoms with Gasteiger partial charge in [0, 0.05) is 31.5 Å². The molecule has 0 bridgehead atoms. The fourth-order valence-corrected chi connectivity index (χ4v) is 1.44. The topological polar surface area (TPSA) is 53.5 Å². The van der Waals surface area contributed by atoms with Gasteiger partial charge < -0.3 is 10.6 Å². The molecule has 3 rings (SSSR count). The van der Waals surface area contributed by atoms with Crippen LogP contribution in [0.4, 0.5) is 0 Å². The third-order valence-electron chi connectivity index (χ3n) is 2.24. The van der Waals surface area contributed by atoms with Gasteiger partial charge in [-0.3, -0.25) is 4.79 Å². The second-order valence-electron chi connectivity index (χ2n) is 3.33. The molecule has 4 heteroatoms. The highest BCUT2D eigenvalue weighted by molar-refractivity contribution is 6.12. The molecular weight excluding hydrogens is 190 g/mol. The summed E-state index contributed by atoms with van der Waals surface area (Å²) < 4.78 is 0. The molecule has 0 unspecified atom stereocenters.